The van der Waals surface area contributed by atoms with Gasteiger partial charge in [0.05, 0.1) is 0 Å². The standard InChI is InChI=1S/C14H22N2O/c1-4-6-13(7-5-2)14(17)16-9-8-12(11-16)10-15-3/h4-7,12,15H,1,8-11H2,2-3H3/b7-5-,13-6+. The molecule has 3 heteroatoms. The van der Waals surface area contributed by atoms with E-state index in [4.69, 9.17) is 0 Å². The first-order valence-electron chi connectivity index (χ1n) is 6.12. The highest BCUT2D eigenvalue weighted by atomic mass is 16.2. The molecule has 1 saturated heterocycles. The van der Waals surface area contributed by atoms with Crippen LogP contribution < -0.4 is 5.32 Å². The summed E-state index contributed by atoms with van der Waals surface area (Å²) in [6.45, 7) is 8.25. The third-order valence-corrected chi connectivity index (χ3v) is 2.96. The summed E-state index contributed by atoms with van der Waals surface area (Å²) in [6.07, 6.45) is 8.25. The second-order valence-electron chi connectivity index (χ2n) is 4.32. The molecule has 1 fully saturated rings. The van der Waals surface area contributed by atoms with Crippen LogP contribution in [0.15, 0.2) is 36.5 Å². The van der Waals surface area contributed by atoms with Crippen molar-refractivity contribution in [1.29, 1.82) is 0 Å². The third-order valence-electron chi connectivity index (χ3n) is 2.96. The number of allylic oxidation sites excluding steroid dienone is 3. The highest BCUT2D eigenvalue weighted by Gasteiger charge is 2.26. The molecule has 0 aromatic heterocycles. The molecule has 94 valence electrons. The van der Waals surface area contributed by atoms with Crippen molar-refractivity contribution in [3.63, 3.8) is 0 Å². The highest BCUT2D eigenvalue weighted by molar-refractivity contribution is 5.96. The molecule has 1 aliphatic heterocycles. The first-order chi connectivity index (χ1) is 8.22. The molecule has 1 aliphatic rings. The molecule has 1 amide bonds. The van der Waals surface area contributed by atoms with E-state index in [2.05, 4.69) is 11.9 Å². The maximum Gasteiger partial charge on any atom is 0.253 e. The third kappa shape index (κ3) is 3.86. The van der Waals surface area contributed by atoms with E-state index in [-0.39, 0.29) is 5.91 Å². The zero-order chi connectivity index (χ0) is 12.7. The van der Waals surface area contributed by atoms with Crippen LogP contribution in [0.2, 0.25) is 0 Å². The van der Waals surface area contributed by atoms with Crippen LogP contribution in [0.5, 0.6) is 0 Å². The Bertz CT molecular complexity index is 331. The maximum atomic E-state index is 12.2. The van der Waals surface area contributed by atoms with Gasteiger partial charge in [0.1, 0.15) is 0 Å². The lowest BCUT2D eigenvalue weighted by Crippen LogP contribution is -2.31. The summed E-state index contributed by atoms with van der Waals surface area (Å²) in [7, 11) is 1.95. The number of carbonyl (C=O) groups excluding carboxylic acids is 1. The Morgan fingerprint density at radius 1 is 1.59 bits per heavy atom. The summed E-state index contributed by atoms with van der Waals surface area (Å²) >= 11 is 0. The van der Waals surface area contributed by atoms with E-state index in [0.29, 0.717) is 11.5 Å². The molecule has 0 aromatic rings. The van der Waals surface area contributed by atoms with Crippen molar-refractivity contribution in [1.82, 2.24) is 10.2 Å². The van der Waals surface area contributed by atoms with Crippen LogP contribution in [0.1, 0.15) is 13.3 Å². The molecule has 0 aromatic carbocycles. The smallest absolute Gasteiger partial charge is 0.253 e. The van der Waals surface area contributed by atoms with Gasteiger partial charge in [-0.25, -0.2) is 0 Å². The van der Waals surface area contributed by atoms with E-state index in [9.17, 15) is 4.79 Å². The monoisotopic (exact) mass is 234 g/mol. The van der Waals surface area contributed by atoms with E-state index in [1.165, 1.54) is 0 Å². The Kier molecular flexibility index (Phi) is 5.70. The number of rotatable bonds is 5. The quantitative estimate of drug-likeness (QED) is 0.580. The van der Waals surface area contributed by atoms with Crippen LogP contribution in [-0.2, 0) is 4.79 Å². The van der Waals surface area contributed by atoms with Crippen molar-refractivity contribution in [2.75, 3.05) is 26.7 Å². The number of amides is 1. The van der Waals surface area contributed by atoms with Crippen molar-refractivity contribution < 1.29 is 4.79 Å². The van der Waals surface area contributed by atoms with E-state index < -0.39 is 0 Å². The predicted molar refractivity (Wildman–Crippen MR) is 71.7 cm³/mol. The molecular formula is C14H22N2O. The lowest BCUT2D eigenvalue weighted by atomic mass is 10.1. The Morgan fingerprint density at radius 2 is 2.35 bits per heavy atom. The van der Waals surface area contributed by atoms with Crippen LogP contribution in [0.25, 0.3) is 0 Å². The molecule has 0 spiro atoms. The zero-order valence-electron chi connectivity index (χ0n) is 10.8. The van der Waals surface area contributed by atoms with Crippen molar-refractivity contribution in [3.8, 4) is 0 Å². The summed E-state index contributed by atoms with van der Waals surface area (Å²) in [6, 6.07) is 0. The van der Waals surface area contributed by atoms with E-state index in [0.717, 1.165) is 26.1 Å². The zero-order valence-corrected chi connectivity index (χ0v) is 10.8. The molecule has 0 bridgehead atoms. The topological polar surface area (TPSA) is 32.3 Å². The van der Waals surface area contributed by atoms with E-state index in [1.807, 2.05) is 31.0 Å². The minimum Gasteiger partial charge on any atom is -0.338 e. The Hall–Kier alpha value is -1.35. The molecule has 0 saturated carbocycles. The first-order valence-corrected chi connectivity index (χ1v) is 6.12. The fraction of sp³-hybridized carbons (Fsp3) is 0.500. The molecule has 0 aliphatic carbocycles. The summed E-state index contributed by atoms with van der Waals surface area (Å²) in [5, 5.41) is 3.17. The van der Waals surface area contributed by atoms with Crippen LogP contribution in [-0.4, -0.2) is 37.5 Å². The number of nitrogens with one attached hydrogen (secondary N) is 1. The van der Waals surface area contributed by atoms with Gasteiger partial charge in [-0.2, -0.15) is 0 Å². The normalized spacial score (nSPS) is 21.2. The van der Waals surface area contributed by atoms with Crippen molar-refractivity contribution in [2.24, 2.45) is 5.92 Å². The van der Waals surface area contributed by atoms with Gasteiger partial charge in [-0.15, -0.1) is 0 Å². The van der Waals surface area contributed by atoms with Gasteiger partial charge in [0.2, 0.25) is 0 Å². The average molecular weight is 234 g/mol. The Labute approximate surface area is 104 Å². The molecule has 3 nitrogen and oxygen atoms in total. The van der Waals surface area contributed by atoms with Gasteiger partial charge in [-0.3, -0.25) is 4.79 Å². The van der Waals surface area contributed by atoms with Gasteiger partial charge in [0.15, 0.2) is 0 Å². The number of hydrogen-bond acceptors (Lipinski definition) is 2. The second kappa shape index (κ2) is 7.07. The Morgan fingerprint density at radius 3 is 2.94 bits per heavy atom. The summed E-state index contributed by atoms with van der Waals surface area (Å²) in [5.41, 5.74) is 0.715. The summed E-state index contributed by atoms with van der Waals surface area (Å²) in [4.78, 5) is 14.1. The average Bonchev–Trinajstić information content (AvgIpc) is 2.77. The molecule has 1 atom stereocenters. The fourth-order valence-electron chi connectivity index (χ4n) is 2.16. The summed E-state index contributed by atoms with van der Waals surface area (Å²) in [5.74, 6) is 0.696. The molecule has 1 heterocycles. The first kappa shape index (κ1) is 13.7. The minimum atomic E-state index is 0.113. The van der Waals surface area contributed by atoms with Crippen LogP contribution in [0, 0.1) is 5.92 Å². The molecular weight excluding hydrogens is 212 g/mol. The largest absolute Gasteiger partial charge is 0.338 e. The maximum absolute atomic E-state index is 12.2. The number of nitrogens with zero attached hydrogens (tertiary/aromatic N) is 1. The highest BCUT2D eigenvalue weighted by Crippen LogP contribution is 2.18. The fourth-order valence-corrected chi connectivity index (χ4v) is 2.16. The van der Waals surface area contributed by atoms with E-state index in [1.54, 1.807) is 12.2 Å². The van der Waals surface area contributed by atoms with Crippen molar-refractivity contribution >= 4 is 5.91 Å². The lowest BCUT2D eigenvalue weighted by molar-refractivity contribution is -0.125. The molecule has 1 N–H and O–H groups in total. The molecule has 17 heavy (non-hydrogen) atoms. The van der Waals surface area contributed by atoms with Gasteiger partial charge in [0.25, 0.3) is 5.91 Å². The van der Waals surface area contributed by atoms with Gasteiger partial charge in [-0.1, -0.05) is 30.9 Å². The summed E-state index contributed by atoms with van der Waals surface area (Å²) < 4.78 is 0. The van der Waals surface area contributed by atoms with Crippen molar-refractivity contribution in [3.05, 3.63) is 36.5 Å². The molecule has 1 rings (SSSR count). The number of hydrogen-bond donors (Lipinski definition) is 1. The van der Waals surface area contributed by atoms with Crippen LogP contribution >= 0.6 is 0 Å². The molecule has 1 unspecified atom stereocenters. The number of carbonyl (C=O) groups is 1. The Balaban J connectivity index is 2.64. The van der Waals surface area contributed by atoms with E-state index >= 15 is 0 Å². The van der Waals surface area contributed by atoms with Gasteiger partial charge in [-0.05, 0) is 32.9 Å². The van der Waals surface area contributed by atoms with Gasteiger partial charge in [0, 0.05) is 18.7 Å². The lowest BCUT2D eigenvalue weighted by Gasteiger charge is -2.17. The SMILES string of the molecule is C=C/C=C(\C=C/C)C(=O)N1CCC(CNC)C1. The number of likely N-dealkylation sites (tertiary alicyclic amines) is 1. The molecule has 0 radical (unpaired) electrons. The van der Waals surface area contributed by atoms with Gasteiger partial charge < -0.3 is 10.2 Å². The predicted octanol–water partition coefficient (Wildman–Crippen LogP) is 1.74. The minimum absolute atomic E-state index is 0.113. The van der Waals surface area contributed by atoms with Crippen LogP contribution in [0.3, 0.4) is 0 Å². The van der Waals surface area contributed by atoms with Gasteiger partial charge >= 0.3 is 0 Å². The second-order valence-corrected chi connectivity index (χ2v) is 4.32. The van der Waals surface area contributed by atoms with Crippen molar-refractivity contribution in [2.45, 2.75) is 13.3 Å². The van der Waals surface area contributed by atoms with Crippen LogP contribution in [0.4, 0.5) is 0 Å².